The van der Waals surface area contributed by atoms with Gasteiger partial charge in [0.1, 0.15) is 0 Å². The number of nitrogens with zero attached hydrogens (tertiary/aromatic N) is 3. The van der Waals surface area contributed by atoms with E-state index in [1.54, 1.807) is 0 Å². The molecule has 9 aromatic rings. The van der Waals surface area contributed by atoms with Crippen molar-refractivity contribution < 1.29 is 0 Å². The molecule has 0 bridgehead atoms. The third-order valence-corrected chi connectivity index (χ3v) is 13.3. The standard InChI is InChI=1S/C44H36BN3S/c1-26-11-9-12-27(2)41(26)45-32-19-17-28-13-10-15-36-40(28)42(32)48(37-24-31-30-14-5-6-16-38(30)49-39(31)25-33(37)45)43-46-34-23-29(18-20-35(34)47(36)43)44(3)21-7-4-8-22-44/h5-6,9-20,23-25H,4,7-8,21-22H2,1-3H3. The summed E-state index contributed by atoms with van der Waals surface area (Å²) in [4.78, 5) is 5.61. The van der Waals surface area contributed by atoms with E-state index in [1.807, 2.05) is 11.3 Å². The van der Waals surface area contributed by atoms with Crippen molar-refractivity contribution in [2.45, 2.75) is 58.3 Å². The summed E-state index contributed by atoms with van der Waals surface area (Å²) in [6.45, 7) is 7.16. The zero-order valence-electron chi connectivity index (χ0n) is 28.2. The number of imidazole rings is 1. The summed E-state index contributed by atoms with van der Waals surface area (Å²) < 4.78 is 7.65. The smallest absolute Gasteiger partial charge is 0.247 e. The van der Waals surface area contributed by atoms with Crippen molar-refractivity contribution >= 4 is 93.2 Å². The highest BCUT2D eigenvalue weighted by Crippen LogP contribution is 2.42. The number of hydrogen-bond acceptors (Lipinski definition) is 2. The van der Waals surface area contributed by atoms with Crippen LogP contribution in [0.3, 0.4) is 0 Å². The fourth-order valence-electron chi connectivity index (χ4n) is 9.76. The first kappa shape index (κ1) is 28.0. The minimum absolute atomic E-state index is 0.114. The normalized spacial score (nSPS) is 15.8. The Morgan fingerprint density at radius 2 is 1.53 bits per heavy atom. The lowest BCUT2D eigenvalue weighted by Crippen LogP contribution is -2.57. The Labute approximate surface area is 289 Å². The fourth-order valence-corrected chi connectivity index (χ4v) is 10.9. The van der Waals surface area contributed by atoms with E-state index in [0.717, 1.165) is 11.3 Å². The van der Waals surface area contributed by atoms with Gasteiger partial charge >= 0.3 is 0 Å². The minimum Gasteiger partial charge on any atom is -0.281 e. The number of benzene rings is 6. The summed E-state index contributed by atoms with van der Waals surface area (Å²) in [5, 5.41) is 5.23. The number of fused-ring (bicyclic) bond motifs is 10. The summed E-state index contributed by atoms with van der Waals surface area (Å²) in [5.41, 5.74) is 14.5. The summed E-state index contributed by atoms with van der Waals surface area (Å²) in [7, 11) is 0. The Balaban J connectivity index is 1.33. The SMILES string of the molecule is Cc1cccc(C)c1B1c2cc3sc4ccccc4c3cc2-n2c3c1ccc1cccc(c13)n1c3ccc(C4(C)CCCCC4)cc3nc21. The maximum Gasteiger partial charge on any atom is 0.247 e. The van der Waals surface area contributed by atoms with E-state index >= 15 is 0 Å². The Kier molecular flexibility index (Phi) is 5.64. The molecule has 0 radical (unpaired) electrons. The summed E-state index contributed by atoms with van der Waals surface area (Å²) in [5.74, 6) is 0.994. The van der Waals surface area contributed by atoms with Crippen molar-refractivity contribution in [2.24, 2.45) is 0 Å². The molecule has 1 fully saturated rings. The molecule has 1 aliphatic heterocycles. The molecule has 6 aromatic carbocycles. The zero-order valence-corrected chi connectivity index (χ0v) is 29.0. The fraction of sp³-hybridized carbons (Fsp3) is 0.205. The predicted molar refractivity (Wildman–Crippen MR) is 211 cm³/mol. The Morgan fingerprint density at radius 3 is 2.39 bits per heavy atom. The van der Waals surface area contributed by atoms with Gasteiger partial charge in [-0.3, -0.25) is 8.97 Å². The van der Waals surface area contributed by atoms with E-state index in [4.69, 9.17) is 4.98 Å². The van der Waals surface area contributed by atoms with Crippen molar-refractivity contribution in [3.63, 3.8) is 0 Å². The lowest BCUT2D eigenvalue weighted by Gasteiger charge is -2.34. The van der Waals surface area contributed by atoms with Crippen LogP contribution in [-0.2, 0) is 5.41 Å². The number of thiophene rings is 1. The van der Waals surface area contributed by atoms with Crippen LogP contribution in [0.15, 0.2) is 103 Å². The van der Waals surface area contributed by atoms with Crippen LogP contribution in [0.2, 0.25) is 0 Å². The van der Waals surface area contributed by atoms with Crippen LogP contribution in [-0.4, -0.2) is 20.7 Å². The molecule has 236 valence electrons. The molecule has 0 spiro atoms. The van der Waals surface area contributed by atoms with Crippen molar-refractivity contribution in [3.8, 4) is 5.69 Å². The molecule has 0 amide bonds. The molecule has 1 aliphatic carbocycles. The average molecular weight is 650 g/mol. The zero-order chi connectivity index (χ0) is 32.6. The van der Waals surface area contributed by atoms with Gasteiger partial charge in [0.2, 0.25) is 12.5 Å². The molecule has 2 aliphatic rings. The van der Waals surface area contributed by atoms with Gasteiger partial charge in [0.05, 0.1) is 22.1 Å². The number of rotatable bonds is 2. The van der Waals surface area contributed by atoms with Crippen molar-refractivity contribution in [1.82, 2.24) is 14.0 Å². The molecule has 49 heavy (non-hydrogen) atoms. The Morgan fingerprint density at radius 1 is 0.714 bits per heavy atom. The largest absolute Gasteiger partial charge is 0.281 e. The van der Waals surface area contributed by atoms with Gasteiger partial charge in [-0.25, -0.2) is 4.98 Å². The first-order valence-corrected chi connectivity index (χ1v) is 18.7. The molecular weight excluding hydrogens is 613 g/mol. The molecule has 11 rings (SSSR count). The maximum absolute atomic E-state index is 5.61. The van der Waals surface area contributed by atoms with Crippen LogP contribution < -0.4 is 16.4 Å². The molecule has 4 heterocycles. The molecule has 5 heteroatoms. The molecule has 0 unspecified atom stereocenters. The summed E-state index contributed by atoms with van der Waals surface area (Å²) >= 11 is 1.91. The van der Waals surface area contributed by atoms with E-state index in [0.29, 0.717) is 0 Å². The minimum atomic E-state index is 0.114. The van der Waals surface area contributed by atoms with Crippen LogP contribution in [0.25, 0.3) is 64.5 Å². The van der Waals surface area contributed by atoms with Gasteiger partial charge in [0.25, 0.3) is 0 Å². The van der Waals surface area contributed by atoms with Gasteiger partial charge < -0.3 is 0 Å². The average Bonchev–Trinajstić information content (AvgIpc) is 3.68. The van der Waals surface area contributed by atoms with Crippen LogP contribution in [0, 0.1) is 13.8 Å². The second-order valence-corrected chi connectivity index (χ2v) is 16.1. The predicted octanol–water partition coefficient (Wildman–Crippen LogP) is 9.62. The highest BCUT2D eigenvalue weighted by molar-refractivity contribution is 7.26. The van der Waals surface area contributed by atoms with Crippen LogP contribution in [0.4, 0.5) is 0 Å². The van der Waals surface area contributed by atoms with Gasteiger partial charge in [0, 0.05) is 31.2 Å². The Hall–Kier alpha value is -4.87. The summed E-state index contributed by atoms with van der Waals surface area (Å²) in [6.07, 6.45) is 6.48. The molecule has 3 nitrogen and oxygen atoms in total. The number of aryl methyl sites for hydroxylation is 2. The van der Waals surface area contributed by atoms with E-state index < -0.39 is 0 Å². The molecule has 0 saturated heterocycles. The van der Waals surface area contributed by atoms with Gasteiger partial charge in [-0.05, 0) is 90.4 Å². The van der Waals surface area contributed by atoms with Gasteiger partial charge in [-0.2, -0.15) is 0 Å². The van der Waals surface area contributed by atoms with E-state index in [-0.39, 0.29) is 12.1 Å². The maximum atomic E-state index is 5.61. The van der Waals surface area contributed by atoms with Gasteiger partial charge in [-0.15, -0.1) is 11.3 Å². The molecule has 0 N–H and O–H groups in total. The molecule has 3 aromatic heterocycles. The third kappa shape index (κ3) is 3.72. The van der Waals surface area contributed by atoms with Gasteiger partial charge in [0.15, 0.2) is 0 Å². The quantitative estimate of drug-likeness (QED) is 0.171. The highest BCUT2D eigenvalue weighted by Gasteiger charge is 2.37. The van der Waals surface area contributed by atoms with E-state index in [2.05, 4.69) is 133 Å². The van der Waals surface area contributed by atoms with E-state index in [9.17, 15) is 0 Å². The van der Waals surface area contributed by atoms with Crippen LogP contribution >= 0.6 is 11.3 Å². The monoisotopic (exact) mass is 649 g/mol. The van der Waals surface area contributed by atoms with Gasteiger partial charge in [-0.1, -0.05) is 110 Å². The number of aromatic nitrogens is 3. The lowest BCUT2D eigenvalue weighted by atomic mass is 9.34. The van der Waals surface area contributed by atoms with Crippen molar-refractivity contribution in [1.29, 1.82) is 0 Å². The Bertz CT molecular complexity index is 2840. The molecular formula is C44H36BN3S. The molecule has 1 saturated carbocycles. The topological polar surface area (TPSA) is 22.2 Å². The first-order chi connectivity index (χ1) is 24.0. The second-order valence-electron chi connectivity index (χ2n) is 15.0. The van der Waals surface area contributed by atoms with Crippen LogP contribution in [0.1, 0.15) is 55.7 Å². The third-order valence-electron chi connectivity index (χ3n) is 12.2. The van der Waals surface area contributed by atoms with Crippen molar-refractivity contribution in [2.75, 3.05) is 0 Å². The lowest BCUT2D eigenvalue weighted by molar-refractivity contribution is 0.320. The van der Waals surface area contributed by atoms with Crippen molar-refractivity contribution in [3.05, 3.63) is 120 Å². The van der Waals surface area contributed by atoms with E-state index in [1.165, 1.54) is 118 Å². The number of hydrogen-bond donors (Lipinski definition) is 0. The molecule has 0 atom stereocenters. The van der Waals surface area contributed by atoms with Crippen LogP contribution in [0.5, 0.6) is 0 Å². The first-order valence-electron chi connectivity index (χ1n) is 17.9. The summed E-state index contributed by atoms with van der Waals surface area (Å²) in [6, 6.07) is 39.4. The second kappa shape index (κ2) is 9.86. The highest BCUT2D eigenvalue weighted by atomic mass is 32.1.